The Hall–Kier alpha value is -1.49. The summed E-state index contributed by atoms with van der Waals surface area (Å²) < 4.78 is 12.3. The minimum Gasteiger partial charge on any atom is -0.459 e. The fourth-order valence-electron chi connectivity index (χ4n) is 1.83. The molecule has 0 amide bonds. The van der Waals surface area contributed by atoms with Crippen LogP contribution in [0, 0.1) is 0 Å². The predicted octanol–water partition coefficient (Wildman–Crippen LogP) is 1.99. The maximum Gasteiger partial charge on any atom is 0.355 e. The molecule has 1 saturated carbocycles. The van der Waals surface area contributed by atoms with Crippen molar-refractivity contribution in [1.82, 2.24) is 4.57 Å². The van der Waals surface area contributed by atoms with E-state index in [1.54, 1.807) is 6.07 Å². The summed E-state index contributed by atoms with van der Waals surface area (Å²) in [5.41, 5.74) is 6.88. The summed E-state index contributed by atoms with van der Waals surface area (Å²) in [4.78, 5) is 11.9. The first-order valence-electron chi connectivity index (χ1n) is 6.44. The van der Waals surface area contributed by atoms with E-state index < -0.39 is 0 Å². The summed E-state index contributed by atoms with van der Waals surface area (Å²) in [6.07, 6.45) is 4.98. The minimum atomic E-state index is -0.321. The second kappa shape index (κ2) is 5.91. The molecular weight excluding hydrogens is 232 g/mol. The summed E-state index contributed by atoms with van der Waals surface area (Å²) in [5.74, 6) is -0.321. The number of rotatable bonds is 7. The van der Waals surface area contributed by atoms with E-state index in [9.17, 15) is 4.79 Å². The molecule has 0 aromatic carbocycles. The highest BCUT2D eigenvalue weighted by Gasteiger charge is 2.28. The molecule has 18 heavy (non-hydrogen) atoms. The third-order valence-electron chi connectivity index (χ3n) is 2.83. The number of aromatic nitrogens is 1. The van der Waals surface area contributed by atoms with Crippen molar-refractivity contribution in [3.05, 3.63) is 18.0 Å². The zero-order chi connectivity index (χ0) is 13.0. The molecule has 1 aromatic heterocycles. The fraction of sp³-hybridized carbons (Fsp3) is 0.615. The molecule has 0 saturated heterocycles. The highest BCUT2D eigenvalue weighted by molar-refractivity contribution is 5.89. The monoisotopic (exact) mass is 252 g/mol. The first-order chi connectivity index (χ1) is 8.72. The van der Waals surface area contributed by atoms with Gasteiger partial charge in [-0.15, -0.1) is 0 Å². The lowest BCUT2D eigenvalue weighted by atomic mass is 10.4. The van der Waals surface area contributed by atoms with Gasteiger partial charge in [0.2, 0.25) is 0 Å². The molecule has 0 spiro atoms. The SMILES string of the molecule is CCCOCCOC(=O)c1cc(N)cn1C1CC1. The summed E-state index contributed by atoms with van der Waals surface area (Å²) in [7, 11) is 0. The average molecular weight is 252 g/mol. The lowest BCUT2D eigenvalue weighted by molar-refractivity contribution is 0.0308. The topological polar surface area (TPSA) is 66.5 Å². The average Bonchev–Trinajstić information content (AvgIpc) is 3.12. The first kappa shape index (κ1) is 13.0. The molecule has 5 heteroatoms. The van der Waals surface area contributed by atoms with Crippen LogP contribution >= 0.6 is 0 Å². The second-order valence-corrected chi connectivity index (χ2v) is 4.55. The number of ether oxygens (including phenoxy) is 2. The Morgan fingerprint density at radius 2 is 2.22 bits per heavy atom. The van der Waals surface area contributed by atoms with Gasteiger partial charge in [0, 0.05) is 18.8 Å². The number of anilines is 1. The first-order valence-corrected chi connectivity index (χ1v) is 6.44. The number of carbonyl (C=O) groups excluding carboxylic acids is 1. The number of carbonyl (C=O) groups is 1. The van der Waals surface area contributed by atoms with Crippen LogP contribution in [0.15, 0.2) is 12.3 Å². The Bertz CT molecular complexity index is 410. The van der Waals surface area contributed by atoms with Crippen molar-refractivity contribution in [3.8, 4) is 0 Å². The fourth-order valence-corrected chi connectivity index (χ4v) is 1.83. The van der Waals surface area contributed by atoms with Crippen LogP contribution in [0.2, 0.25) is 0 Å². The van der Waals surface area contributed by atoms with E-state index in [1.807, 2.05) is 17.7 Å². The number of hydrogen-bond donors (Lipinski definition) is 1. The number of nitrogens with zero attached hydrogens (tertiary/aromatic N) is 1. The number of esters is 1. The molecule has 5 nitrogen and oxygen atoms in total. The smallest absolute Gasteiger partial charge is 0.355 e. The largest absolute Gasteiger partial charge is 0.459 e. The summed E-state index contributed by atoms with van der Waals surface area (Å²) in [6.45, 7) is 3.47. The van der Waals surface area contributed by atoms with E-state index in [2.05, 4.69) is 0 Å². The molecule has 1 aliphatic rings. The third kappa shape index (κ3) is 3.26. The van der Waals surface area contributed by atoms with Crippen molar-refractivity contribution in [2.75, 3.05) is 25.6 Å². The van der Waals surface area contributed by atoms with Gasteiger partial charge in [-0.1, -0.05) is 6.92 Å². The van der Waals surface area contributed by atoms with Gasteiger partial charge in [-0.25, -0.2) is 4.79 Å². The lowest BCUT2D eigenvalue weighted by Gasteiger charge is -2.08. The van der Waals surface area contributed by atoms with Gasteiger partial charge in [-0.05, 0) is 25.3 Å². The molecule has 100 valence electrons. The predicted molar refractivity (Wildman–Crippen MR) is 68.5 cm³/mol. The van der Waals surface area contributed by atoms with Crippen molar-refractivity contribution in [2.24, 2.45) is 0 Å². The minimum absolute atomic E-state index is 0.286. The van der Waals surface area contributed by atoms with E-state index in [-0.39, 0.29) is 12.6 Å². The molecule has 1 aromatic rings. The molecular formula is C13H20N2O3. The van der Waals surface area contributed by atoms with Crippen molar-refractivity contribution < 1.29 is 14.3 Å². The molecule has 0 aliphatic heterocycles. The van der Waals surface area contributed by atoms with Crippen LogP contribution in [0.5, 0.6) is 0 Å². The van der Waals surface area contributed by atoms with Crippen LogP contribution in [0.1, 0.15) is 42.7 Å². The molecule has 1 aliphatic carbocycles. The molecule has 2 rings (SSSR count). The third-order valence-corrected chi connectivity index (χ3v) is 2.83. The zero-order valence-electron chi connectivity index (χ0n) is 10.7. The number of nitrogen functional groups attached to an aromatic ring is 1. The Kier molecular flexibility index (Phi) is 4.25. The molecule has 1 fully saturated rings. The maximum atomic E-state index is 11.9. The van der Waals surface area contributed by atoms with Gasteiger partial charge in [-0.3, -0.25) is 0 Å². The summed E-state index contributed by atoms with van der Waals surface area (Å²) in [6, 6.07) is 2.09. The van der Waals surface area contributed by atoms with Crippen molar-refractivity contribution in [1.29, 1.82) is 0 Å². The lowest BCUT2D eigenvalue weighted by Crippen LogP contribution is -2.14. The number of nitrogens with two attached hydrogens (primary N) is 1. The summed E-state index contributed by atoms with van der Waals surface area (Å²) in [5, 5.41) is 0. The maximum absolute atomic E-state index is 11.9. The Labute approximate surface area is 107 Å². The van der Waals surface area contributed by atoms with Gasteiger partial charge in [0.1, 0.15) is 12.3 Å². The normalized spacial score (nSPS) is 14.7. The van der Waals surface area contributed by atoms with E-state index in [0.29, 0.717) is 30.6 Å². The van der Waals surface area contributed by atoms with E-state index in [0.717, 1.165) is 19.3 Å². The number of hydrogen-bond acceptors (Lipinski definition) is 4. The van der Waals surface area contributed by atoms with Crippen LogP contribution in [0.3, 0.4) is 0 Å². The second-order valence-electron chi connectivity index (χ2n) is 4.55. The zero-order valence-corrected chi connectivity index (χ0v) is 10.7. The van der Waals surface area contributed by atoms with Gasteiger partial charge >= 0.3 is 5.97 Å². The molecule has 0 atom stereocenters. The van der Waals surface area contributed by atoms with Gasteiger partial charge < -0.3 is 19.8 Å². The molecule has 0 radical (unpaired) electrons. The van der Waals surface area contributed by atoms with Crippen molar-refractivity contribution in [3.63, 3.8) is 0 Å². The van der Waals surface area contributed by atoms with Crippen LogP contribution in [0.25, 0.3) is 0 Å². The molecule has 1 heterocycles. The van der Waals surface area contributed by atoms with Crippen LogP contribution in [-0.4, -0.2) is 30.4 Å². The standard InChI is InChI=1S/C13H20N2O3/c1-2-5-17-6-7-18-13(16)12-8-10(14)9-15(12)11-3-4-11/h8-9,11H,2-7,14H2,1H3. The Balaban J connectivity index is 1.84. The summed E-state index contributed by atoms with van der Waals surface area (Å²) >= 11 is 0. The van der Waals surface area contributed by atoms with E-state index in [1.165, 1.54) is 0 Å². The van der Waals surface area contributed by atoms with Crippen molar-refractivity contribution >= 4 is 11.7 Å². The highest BCUT2D eigenvalue weighted by Crippen LogP contribution is 2.37. The van der Waals surface area contributed by atoms with Gasteiger partial charge in [-0.2, -0.15) is 0 Å². The van der Waals surface area contributed by atoms with Crippen LogP contribution in [-0.2, 0) is 9.47 Å². The quantitative estimate of drug-likeness (QED) is 0.595. The van der Waals surface area contributed by atoms with E-state index >= 15 is 0 Å². The highest BCUT2D eigenvalue weighted by atomic mass is 16.6. The van der Waals surface area contributed by atoms with Crippen LogP contribution in [0.4, 0.5) is 5.69 Å². The molecule has 0 bridgehead atoms. The van der Waals surface area contributed by atoms with Crippen LogP contribution < -0.4 is 5.73 Å². The Morgan fingerprint density at radius 1 is 1.44 bits per heavy atom. The van der Waals surface area contributed by atoms with E-state index in [4.69, 9.17) is 15.2 Å². The molecule has 0 unspecified atom stereocenters. The van der Waals surface area contributed by atoms with Crippen molar-refractivity contribution in [2.45, 2.75) is 32.2 Å². The van der Waals surface area contributed by atoms with Gasteiger partial charge in [0.05, 0.1) is 12.3 Å². The van der Waals surface area contributed by atoms with Gasteiger partial charge in [0.15, 0.2) is 0 Å². The van der Waals surface area contributed by atoms with Gasteiger partial charge in [0.25, 0.3) is 0 Å². The molecule has 2 N–H and O–H groups in total. The Morgan fingerprint density at radius 3 is 2.89 bits per heavy atom.